The predicted molar refractivity (Wildman–Crippen MR) is 113 cm³/mol. The second kappa shape index (κ2) is 16.2. The third-order valence-corrected chi connectivity index (χ3v) is 8.39. The zero-order valence-corrected chi connectivity index (χ0v) is 17.6. The Labute approximate surface area is 155 Å². The first-order chi connectivity index (χ1) is 11.4. The first-order valence-corrected chi connectivity index (χ1v) is 12.7. The fourth-order valence-electron chi connectivity index (χ4n) is 3.57. The van der Waals surface area contributed by atoms with Gasteiger partial charge in [0.2, 0.25) is 0 Å². The van der Waals surface area contributed by atoms with Crippen molar-refractivity contribution in [2.45, 2.75) is 115 Å². The Morgan fingerprint density at radius 3 is 1.61 bits per heavy atom. The number of thioether (sulfide) groups is 2. The van der Waals surface area contributed by atoms with Gasteiger partial charge >= 0.3 is 0 Å². The van der Waals surface area contributed by atoms with Crippen LogP contribution in [0.3, 0.4) is 0 Å². The Hall–Kier alpha value is 0.700. The third kappa shape index (κ3) is 11.8. The van der Waals surface area contributed by atoms with Gasteiger partial charge in [-0.2, -0.15) is 0 Å². The average Bonchev–Trinajstić information content (AvgIpc) is 2.60. The largest absolute Gasteiger partial charge is 0.147 e. The quantitative estimate of drug-likeness (QED) is 0.270. The second-order valence-electron chi connectivity index (χ2n) is 7.34. The Balaban J connectivity index is 2.12. The lowest BCUT2D eigenvalue weighted by Gasteiger charge is -2.29. The van der Waals surface area contributed by atoms with Crippen LogP contribution in [0.2, 0.25) is 0 Å². The maximum absolute atomic E-state index is 2.32. The summed E-state index contributed by atoms with van der Waals surface area (Å²) in [5.74, 6) is 3.84. The fourth-order valence-corrected chi connectivity index (χ4v) is 6.89. The van der Waals surface area contributed by atoms with E-state index in [9.17, 15) is 0 Å². The molecule has 1 aliphatic rings. The van der Waals surface area contributed by atoms with Crippen molar-refractivity contribution in [2.24, 2.45) is 5.92 Å². The predicted octanol–water partition coefficient (Wildman–Crippen LogP) is 8.30. The second-order valence-corrected chi connectivity index (χ2v) is 10.1. The summed E-state index contributed by atoms with van der Waals surface area (Å²) in [7, 11) is 0. The van der Waals surface area contributed by atoms with Crippen LogP contribution in [0.1, 0.15) is 110 Å². The van der Waals surface area contributed by atoms with Gasteiger partial charge in [0.15, 0.2) is 0 Å². The van der Waals surface area contributed by atoms with Gasteiger partial charge < -0.3 is 0 Å². The molecule has 0 amide bonds. The standard InChI is InChI=1S/C21H42S2/c1-3-5-7-9-10-11-12-14-17-20(16-13-8-6-4-2)21-22-18-15-19-23-21/h20-21H,3-19H2,1-2H3/t20-/m0/s1. The minimum Gasteiger partial charge on any atom is -0.147 e. The van der Waals surface area contributed by atoms with Crippen LogP contribution in [0, 0.1) is 5.92 Å². The van der Waals surface area contributed by atoms with Crippen LogP contribution < -0.4 is 0 Å². The molecule has 0 aromatic heterocycles. The number of unbranched alkanes of at least 4 members (excludes halogenated alkanes) is 10. The molecule has 1 fully saturated rings. The van der Waals surface area contributed by atoms with Crippen LogP contribution in [0.25, 0.3) is 0 Å². The van der Waals surface area contributed by atoms with E-state index in [-0.39, 0.29) is 0 Å². The van der Waals surface area contributed by atoms with Gasteiger partial charge in [-0.3, -0.25) is 0 Å². The number of rotatable bonds is 15. The van der Waals surface area contributed by atoms with E-state index >= 15 is 0 Å². The lowest BCUT2D eigenvalue weighted by atomic mass is 9.95. The topological polar surface area (TPSA) is 0 Å². The van der Waals surface area contributed by atoms with Crippen LogP contribution in [0.5, 0.6) is 0 Å². The summed E-state index contributed by atoms with van der Waals surface area (Å²) in [5, 5.41) is 0. The first-order valence-electron chi connectivity index (χ1n) is 10.6. The van der Waals surface area contributed by atoms with E-state index in [0.717, 1.165) is 10.5 Å². The monoisotopic (exact) mass is 358 g/mol. The van der Waals surface area contributed by atoms with Crippen molar-refractivity contribution in [1.82, 2.24) is 0 Å². The average molecular weight is 359 g/mol. The normalized spacial score (nSPS) is 17.5. The van der Waals surface area contributed by atoms with Gasteiger partial charge in [0.1, 0.15) is 0 Å². The zero-order valence-electron chi connectivity index (χ0n) is 16.0. The molecule has 138 valence electrons. The van der Waals surface area contributed by atoms with Crippen LogP contribution >= 0.6 is 23.5 Å². The summed E-state index contributed by atoms with van der Waals surface area (Å²) in [5.41, 5.74) is 0. The Morgan fingerprint density at radius 1 is 0.652 bits per heavy atom. The Morgan fingerprint density at radius 2 is 1.09 bits per heavy atom. The van der Waals surface area contributed by atoms with Crippen molar-refractivity contribution in [3.05, 3.63) is 0 Å². The molecule has 1 atom stereocenters. The maximum Gasteiger partial charge on any atom is 0.0530 e. The molecule has 0 aromatic carbocycles. The van der Waals surface area contributed by atoms with Crippen molar-refractivity contribution < 1.29 is 0 Å². The summed E-state index contributed by atoms with van der Waals surface area (Å²) in [6, 6.07) is 0. The molecule has 1 rings (SSSR count). The molecule has 0 nitrogen and oxygen atoms in total. The number of hydrogen-bond donors (Lipinski definition) is 0. The van der Waals surface area contributed by atoms with Crippen LogP contribution in [0.15, 0.2) is 0 Å². The lowest BCUT2D eigenvalue weighted by Crippen LogP contribution is -2.18. The molecule has 2 heteroatoms. The maximum atomic E-state index is 2.32. The molecular formula is C21H42S2. The van der Waals surface area contributed by atoms with Crippen molar-refractivity contribution in [1.29, 1.82) is 0 Å². The van der Waals surface area contributed by atoms with E-state index in [1.807, 2.05) is 0 Å². The van der Waals surface area contributed by atoms with Gasteiger partial charge in [-0.15, -0.1) is 23.5 Å². The molecule has 0 aromatic rings. The molecule has 1 aliphatic heterocycles. The molecule has 23 heavy (non-hydrogen) atoms. The van der Waals surface area contributed by atoms with Gasteiger partial charge in [-0.1, -0.05) is 90.9 Å². The molecule has 0 unspecified atom stereocenters. The summed E-state index contributed by atoms with van der Waals surface area (Å²) in [6.07, 6.45) is 21.9. The molecule has 0 radical (unpaired) electrons. The third-order valence-electron chi connectivity index (χ3n) is 5.09. The summed E-state index contributed by atoms with van der Waals surface area (Å²) in [4.78, 5) is 0. The molecule has 0 N–H and O–H groups in total. The van der Waals surface area contributed by atoms with Crippen molar-refractivity contribution in [3.63, 3.8) is 0 Å². The van der Waals surface area contributed by atoms with Gasteiger partial charge in [-0.05, 0) is 36.7 Å². The fraction of sp³-hybridized carbons (Fsp3) is 1.00. The first kappa shape index (κ1) is 21.7. The van der Waals surface area contributed by atoms with E-state index in [1.54, 1.807) is 0 Å². The van der Waals surface area contributed by atoms with Gasteiger partial charge in [0.05, 0.1) is 4.58 Å². The molecule has 0 bridgehead atoms. The highest BCUT2D eigenvalue weighted by Gasteiger charge is 2.24. The van der Waals surface area contributed by atoms with Gasteiger partial charge in [-0.25, -0.2) is 0 Å². The molecule has 1 heterocycles. The highest BCUT2D eigenvalue weighted by Crippen LogP contribution is 2.40. The van der Waals surface area contributed by atoms with Gasteiger partial charge in [0, 0.05) is 0 Å². The van der Waals surface area contributed by atoms with Crippen molar-refractivity contribution in [3.8, 4) is 0 Å². The van der Waals surface area contributed by atoms with E-state index < -0.39 is 0 Å². The number of hydrogen-bond acceptors (Lipinski definition) is 2. The Kier molecular flexibility index (Phi) is 15.3. The smallest absolute Gasteiger partial charge is 0.0530 e. The summed E-state index contributed by atoms with van der Waals surface area (Å²) in [6.45, 7) is 4.63. The van der Waals surface area contributed by atoms with E-state index in [1.165, 1.54) is 108 Å². The summed E-state index contributed by atoms with van der Waals surface area (Å²) >= 11 is 4.55. The minimum atomic E-state index is 0.926. The Bertz CT molecular complexity index is 236. The molecular weight excluding hydrogens is 316 g/mol. The lowest BCUT2D eigenvalue weighted by molar-refractivity contribution is 0.428. The van der Waals surface area contributed by atoms with Gasteiger partial charge in [0.25, 0.3) is 0 Å². The SMILES string of the molecule is CCCCCCCCCC[C@H](CCCCCC)C1SCCCS1. The van der Waals surface area contributed by atoms with Crippen molar-refractivity contribution >= 4 is 23.5 Å². The zero-order chi connectivity index (χ0) is 16.6. The molecule has 0 aliphatic carbocycles. The minimum absolute atomic E-state index is 0.926. The highest BCUT2D eigenvalue weighted by molar-refractivity contribution is 8.17. The van der Waals surface area contributed by atoms with E-state index in [4.69, 9.17) is 0 Å². The van der Waals surface area contributed by atoms with Crippen molar-refractivity contribution in [2.75, 3.05) is 11.5 Å². The molecule has 0 saturated carbocycles. The highest BCUT2D eigenvalue weighted by atomic mass is 32.2. The molecule has 1 saturated heterocycles. The van der Waals surface area contributed by atoms with Crippen LogP contribution in [0.4, 0.5) is 0 Å². The molecule has 0 spiro atoms. The summed E-state index contributed by atoms with van der Waals surface area (Å²) < 4.78 is 0.926. The van der Waals surface area contributed by atoms with Crippen LogP contribution in [-0.2, 0) is 0 Å². The van der Waals surface area contributed by atoms with E-state index in [2.05, 4.69) is 37.4 Å². The van der Waals surface area contributed by atoms with E-state index in [0.29, 0.717) is 0 Å². The van der Waals surface area contributed by atoms with Crippen LogP contribution in [-0.4, -0.2) is 16.1 Å².